The fraction of sp³-hybridized carbons (Fsp3) is 0.618. The molecule has 222 valence electrons. The van der Waals surface area contributed by atoms with Crippen LogP contribution in [0.3, 0.4) is 0 Å². The van der Waals surface area contributed by atoms with E-state index < -0.39 is 51.0 Å². The summed E-state index contributed by atoms with van der Waals surface area (Å²) < 4.78 is 0. The van der Waals surface area contributed by atoms with Crippen molar-refractivity contribution in [3.05, 3.63) is 51.5 Å². The molecule has 7 heteroatoms. The fourth-order valence-electron chi connectivity index (χ4n) is 9.11. The number of benzene rings is 1. The van der Waals surface area contributed by atoms with Gasteiger partial charge >= 0.3 is 0 Å². The second-order valence-corrected chi connectivity index (χ2v) is 14.7. The van der Waals surface area contributed by atoms with Gasteiger partial charge in [0.2, 0.25) is 5.78 Å². The van der Waals surface area contributed by atoms with Crippen LogP contribution in [0, 0.1) is 28.1 Å². The Bertz CT molecular complexity index is 1420. The molecule has 1 aromatic rings. The molecule has 1 saturated carbocycles. The highest BCUT2D eigenvalue weighted by Crippen LogP contribution is 2.65. The zero-order valence-electron chi connectivity index (χ0n) is 25.4. The number of fused-ring (bicyclic) bond motifs is 3. The first-order chi connectivity index (χ1) is 18.9. The van der Waals surface area contributed by atoms with Crippen molar-refractivity contribution in [1.82, 2.24) is 0 Å². The minimum Gasteiger partial charge on any atom is -0.511 e. The van der Waals surface area contributed by atoms with Crippen molar-refractivity contribution < 1.29 is 34.8 Å². The summed E-state index contributed by atoms with van der Waals surface area (Å²) in [6, 6.07) is 3.28. The third-order valence-electron chi connectivity index (χ3n) is 10.9. The Labute approximate surface area is 242 Å². The van der Waals surface area contributed by atoms with Crippen LogP contribution >= 0.6 is 0 Å². The van der Waals surface area contributed by atoms with E-state index in [1.807, 2.05) is 47.6 Å². The Hall–Kier alpha value is -2.93. The molecule has 1 aromatic carbocycles. The quantitative estimate of drug-likeness (QED) is 0.303. The second kappa shape index (κ2) is 9.29. The Morgan fingerprint density at radius 3 is 2.17 bits per heavy atom. The Morgan fingerprint density at radius 1 is 1.00 bits per heavy atom. The smallest absolute Gasteiger partial charge is 0.209 e. The summed E-state index contributed by atoms with van der Waals surface area (Å²) >= 11 is 0. The van der Waals surface area contributed by atoms with E-state index in [4.69, 9.17) is 0 Å². The van der Waals surface area contributed by atoms with E-state index >= 15 is 0 Å². The van der Waals surface area contributed by atoms with Crippen molar-refractivity contribution in [2.45, 2.75) is 105 Å². The monoisotopic (exact) mass is 564 g/mol. The van der Waals surface area contributed by atoms with Gasteiger partial charge in [-0.1, -0.05) is 67.4 Å². The summed E-state index contributed by atoms with van der Waals surface area (Å²) in [4.78, 5) is 42.2. The lowest BCUT2D eigenvalue weighted by molar-refractivity contribution is -0.171. The summed E-state index contributed by atoms with van der Waals surface area (Å²) in [5.74, 6) is -4.58. The largest absolute Gasteiger partial charge is 0.511 e. The Kier molecular flexibility index (Phi) is 6.69. The van der Waals surface area contributed by atoms with Crippen LogP contribution < -0.4 is 0 Å². The van der Waals surface area contributed by atoms with Crippen molar-refractivity contribution in [1.29, 1.82) is 0 Å². The van der Waals surface area contributed by atoms with Crippen LogP contribution in [0.4, 0.5) is 0 Å². The number of carbonyl (C=O) groups excluding carboxylic acids is 3. The highest BCUT2D eigenvalue weighted by atomic mass is 16.3. The lowest BCUT2D eigenvalue weighted by atomic mass is 9.44. The number of aliphatic hydroxyl groups excluding tert-OH is 2. The van der Waals surface area contributed by atoms with Gasteiger partial charge in [-0.05, 0) is 60.1 Å². The molecule has 7 nitrogen and oxygen atoms in total. The van der Waals surface area contributed by atoms with Crippen LogP contribution in [-0.4, -0.2) is 43.4 Å². The SMILES string of the molecule is CC(C)c1ccc(O)c2c1C[C@]1(C)C[C@]3(C)C(C(C)C)C(O)=C(C(=O)CC4(C)CCCC4)C(=O)[C@]3(O)C(O)=C1C2=O. The molecule has 0 bridgehead atoms. The molecule has 4 N–H and O–H groups in total. The van der Waals surface area contributed by atoms with E-state index in [9.17, 15) is 34.8 Å². The molecule has 5 rings (SSSR count). The maximum atomic E-state index is 14.3. The summed E-state index contributed by atoms with van der Waals surface area (Å²) in [6.07, 6.45) is 4.10. The fourth-order valence-corrected chi connectivity index (χ4v) is 9.11. The first kappa shape index (κ1) is 29.6. The number of ketones is 3. The zero-order valence-corrected chi connectivity index (χ0v) is 25.4. The van der Waals surface area contributed by atoms with E-state index in [0.29, 0.717) is 12.0 Å². The van der Waals surface area contributed by atoms with E-state index in [-0.39, 0.29) is 52.7 Å². The molecule has 0 heterocycles. The topological polar surface area (TPSA) is 132 Å². The average Bonchev–Trinajstić information content (AvgIpc) is 3.26. The minimum atomic E-state index is -2.59. The van der Waals surface area contributed by atoms with Gasteiger partial charge in [0.25, 0.3) is 0 Å². The Morgan fingerprint density at radius 2 is 1.61 bits per heavy atom. The number of allylic oxidation sites excluding steroid dienone is 2. The number of aromatic hydroxyl groups is 1. The van der Waals surface area contributed by atoms with Crippen molar-refractivity contribution in [2.75, 3.05) is 0 Å². The van der Waals surface area contributed by atoms with Crippen molar-refractivity contribution in [3.63, 3.8) is 0 Å². The van der Waals surface area contributed by atoms with Gasteiger partial charge in [-0.25, -0.2) is 0 Å². The van der Waals surface area contributed by atoms with E-state index in [0.717, 1.165) is 31.2 Å². The van der Waals surface area contributed by atoms with Crippen LogP contribution in [0.25, 0.3) is 0 Å². The molecule has 4 atom stereocenters. The van der Waals surface area contributed by atoms with Crippen LogP contribution in [0.5, 0.6) is 5.75 Å². The van der Waals surface area contributed by atoms with Crippen molar-refractivity contribution in [2.24, 2.45) is 28.1 Å². The standard InChI is InChI=1S/C34H44O7/c1-17(2)19-10-11-21(35)23-20(19)14-32(6)16-33(7)25(18(3)4)28(38)24(22(36)15-31(5)12-8-9-13-31)29(39)34(33,41)30(40)26(32)27(23)37/h10-11,17-18,25,35,38,40-41H,8-9,12-16H2,1-7H3/t25?,32-,33-,34+/m1/s1. The molecule has 0 amide bonds. The van der Waals surface area contributed by atoms with Gasteiger partial charge < -0.3 is 20.4 Å². The number of phenolic OH excluding ortho intramolecular Hbond substituents is 1. The Balaban J connectivity index is 1.73. The van der Waals surface area contributed by atoms with E-state index in [2.05, 4.69) is 0 Å². The first-order valence-corrected chi connectivity index (χ1v) is 15.0. The number of Topliss-reactive ketones (excluding diaryl/α,β-unsaturated/α-hetero) is 3. The van der Waals surface area contributed by atoms with Crippen LogP contribution in [0.1, 0.15) is 114 Å². The lowest BCUT2D eigenvalue weighted by Crippen LogP contribution is -2.67. The minimum absolute atomic E-state index is 0.0585. The molecule has 0 aliphatic heterocycles. The van der Waals surface area contributed by atoms with Gasteiger partial charge in [0.15, 0.2) is 17.2 Å². The molecule has 1 fully saturated rings. The van der Waals surface area contributed by atoms with E-state index in [1.165, 1.54) is 6.07 Å². The van der Waals surface area contributed by atoms with Gasteiger partial charge in [0, 0.05) is 28.7 Å². The summed E-state index contributed by atoms with van der Waals surface area (Å²) in [7, 11) is 0. The predicted octanol–water partition coefficient (Wildman–Crippen LogP) is 6.42. The van der Waals surface area contributed by atoms with Crippen LogP contribution in [0.2, 0.25) is 0 Å². The van der Waals surface area contributed by atoms with Crippen molar-refractivity contribution in [3.8, 4) is 5.75 Å². The van der Waals surface area contributed by atoms with Gasteiger partial charge in [-0.15, -0.1) is 0 Å². The van der Waals surface area contributed by atoms with Gasteiger partial charge in [-0.3, -0.25) is 14.4 Å². The maximum absolute atomic E-state index is 14.3. The third kappa shape index (κ3) is 3.90. The predicted molar refractivity (Wildman–Crippen MR) is 155 cm³/mol. The molecule has 41 heavy (non-hydrogen) atoms. The van der Waals surface area contributed by atoms with Crippen LogP contribution in [-0.2, 0) is 16.0 Å². The second-order valence-electron chi connectivity index (χ2n) is 14.7. The molecule has 0 spiro atoms. The lowest BCUT2D eigenvalue weighted by Gasteiger charge is -2.59. The maximum Gasteiger partial charge on any atom is 0.209 e. The highest BCUT2D eigenvalue weighted by Gasteiger charge is 2.71. The van der Waals surface area contributed by atoms with Gasteiger partial charge in [-0.2, -0.15) is 0 Å². The summed E-state index contributed by atoms with van der Waals surface area (Å²) in [6.45, 7) is 13.2. The molecular weight excluding hydrogens is 520 g/mol. The number of rotatable bonds is 5. The first-order valence-electron chi connectivity index (χ1n) is 15.0. The third-order valence-corrected chi connectivity index (χ3v) is 10.9. The molecular formula is C34H44O7. The summed E-state index contributed by atoms with van der Waals surface area (Å²) in [5, 5.41) is 46.8. The number of aliphatic hydroxyl groups is 3. The molecule has 4 aliphatic rings. The van der Waals surface area contributed by atoms with Crippen molar-refractivity contribution >= 4 is 17.3 Å². The van der Waals surface area contributed by atoms with E-state index in [1.54, 1.807) is 6.92 Å². The molecule has 1 unspecified atom stereocenters. The highest BCUT2D eigenvalue weighted by molar-refractivity contribution is 6.26. The summed E-state index contributed by atoms with van der Waals surface area (Å²) in [5.41, 5.74) is -4.19. The zero-order chi connectivity index (χ0) is 30.4. The average molecular weight is 565 g/mol. The number of phenols is 1. The molecule has 0 aromatic heterocycles. The molecule has 0 radical (unpaired) electrons. The van der Waals surface area contributed by atoms with Gasteiger partial charge in [0.1, 0.15) is 22.8 Å². The number of hydrogen-bond donors (Lipinski definition) is 4. The normalized spacial score (nSPS) is 32.9. The molecule has 0 saturated heterocycles. The van der Waals surface area contributed by atoms with Crippen LogP contribution in [0.15, 0.2) is 34.8 Å². The molecule has 4 aliphatic carbocycles. The number of carbonyl (C=O) groups is 3. The number of hydrogen-bond acceptors (Lipinski definition) is 7. The van der Waals surface area contributed by atoms with Gasteiger partial charge in [0.05, 0.1) is 5.56 Å².